The summed E-state index contributed by atoms with van der Waals surface area (Å²) >= 11 is 3.23. The van der Waals surface area contributed by atoms with Crippen molar-refractivity contribution >= 4 is 27.6 Å². The summed E-state index contributed by atoms with van der Waals surface area (Å²) in [6.07, 6.45) is 0. The maximum atomic E-state index is 11.0. The van der Waals surface area contributed by atoms with Crippen LogP contribution in [0.2, 0.25) is 0 Å². The molecular weight excluding hydrogens is 274 g/mol. The molecule has 0 aromatic heterocycles. The molecule has 0 saturated carbocycles. The van der Waals surface area contributed by atoms with Gasteiger partial charge in [-0.25, -0.2) is 4.79 Å². The van der Waals surface area contributed by atoms with Gasteiger partial charge in [-0.3, -0.25) is 0 Å². The van der Waals surface area contributed by atoms with Gasteiger partial charge in [0.25, 0.3) is 0 Å². The Balaban J connectivity index is 2.82. The molecule has 1 atom stereocenters. The van der Waals surface area contributed by atoms with Crippen LogP contribution in [0.1, 0.15) is 17.3 Å². The van der Waals surface area contributed by atoms with Crippen LogP contribution in [0.25, 0.3) is 0 Å². The van der Waals surface area contributed by atoms with Crippen LogP contribution in [0.4, 0.5) is 5.69 Å². The fourth-order valence-electron chi connectivity index (χ4n) is 1.20. The third-order valence-corrected chi connectivity index (χ3v) is 2.66. The minimum absolute atomic E-state index is 0.0753. The fourth-order valence-corrected chi connectivity index (χ4v) is 1.56. The van der Waals surface area contributed by atoms with Gasteiger partial charge in [0, 0.05) is 23.3 Å². The fraction of sp³-hybridized carbons (Fsp3) is 0.364. The number of hydrogen-bond donors (Lipinski definition) is 3. The van der Waals surface area contributed by atoms with Crippen molar-refractivity contribution in [2.24, 2.45) is 5.92 Å². The van der Waals surface area contributed by atoms with E-state index >= 15 is 0 Å². The number of carbonyl (C=O) groups is 1. The highest BCUT2D eigenvalue weighted by molar-refractivity contribution is 9.10. The molecule has 1 aromatic rings. The van der Waals surface area contributed by atoms with Crippen LogP contribution >= 0.6 is 15.9 Å². The SMILES string of the molecule is CC(CO)CNc1ccc(Br)cc1C(=O)O. The molecule has 0 bridgehead atoms. The van der Waals surface area contributed by atoms with Crippen molar-refractivity contribution in [2.75, 3.05) is 18.5 Å². The average molecular weight is 288 g/mol. The minimum atomic E-state index is -0.972. The number of aliphatic hydroxyl groups excluding tert-OH is 1. The number of hydrogen-bond acceptors (Lipinski definition) is 3. The maximum Gasteiger partial charge on any atom is 0.337 e. The molecule has 0 amide bonds. The van der Waals surface area contributed by atoms with Gasteiger partial charge in [-0.15, -0.1) is 0 Å². The van der Waals surface area contributed by atoms with Crippen LogP contribution < -0.4 is 5.32 Å². The lowest BCUT2D eigenvalue weighted by atomic mass is 10.1. The Kier molecular flexibility index (Phi) is 4.76. The Labute approximate surface area is 102 Å². The molecule has 16 heavy (non-hydrogen) atoms. The smallest absolute Gasteiger partial charge is 0.337 e. The van der Waals surface area contributed by atoms with Gasteiger partial charge in [-0.1, -0.05) is 22.9 Å². The van der Waals surface area contributed by atoms with E-state index in [0.717, 1.165) is 4.47 Å². The number of aliphatic hydroxyl groups is 1. The van der Waals surface area contributed by atoms with Crippen molar-refractivity contribution in [3.05, 3.63) is 28.2 Å². The molecule has 0 aliphatic rings. The first-order valence-electron chi connectivity index (χ1n) is 4.92. The number of anilines is 1. The van der Waals surface area contributed by atoms with Crippen LogP contribution in [0.3, 0.4) is 0 Å². The highest BCUT2D eigenvalue weighted by Crippen LogP contribution is 2.21. The molecule has 5 heteroatoms. The zero-order valence-corrected chi connectivity index (χ0v) is 10.5. The first-order chi connectivity index (χ1) is 7.54. The third kappa shape index (κ3) is 3.50. The second-order valence-corrected chi connectivity index (χ2v) is 4.58. The second-order valence-electron chi connectivity index (χ2n) is 3.66. The van der Waals surface area contributed by atoms with E-state index in [-0.39, 0.29) is 18.1 Å². The van der Waals surface area contributed by atoms with Crippen LogP contribution in [-0.2, 0) is 0 Å². The van der Waals surface area contributed by atoms with Crippen molar-refractivity contribution < 1.29 is 15.0 Å². The monoisotopic (exact) mass is 287 g/mol. The minimum Gasteiger partial charge on any atom is -0.478 e. The molecule has 1 unspecified atom stereocenters. The average Bonchev–Trinajstić information content (AvgIpc) is 2.26. The summed E-state index contributed by atoms with van der Waals surface area (Å²) in [6, 6.07) is 5.03. The molecule has 0 heterocycles. The summed E-state index contributed by atoms with van der Waals surface area (Å²) in [7, 11) is 0. The van der Waals surface area contributed by atoms with Crippen molar-refractivity contribution in [2.45, 2.75) is 6.92 Å². The zero-order chi connectivity index (χ0) is 12.1. The number of carboxylic acid groups (broad SMARTS) is 1. The van der Waals surface area contributed by atoms with E-state index < -0.39 is 5.97 Å². The van der Waals surface area contributed by atoms with Crippen molar-refractivity contribution in [3.63, 3.8) is 0 Å². The Bertz CT molecular complexity index is 381. The van der Waals surface area contributed by atoms with E-state index in [1.165, 1.54) is 0 Å². The maximum absolute atomic E-state index is 11.0. The number of benzene rings is 1. The van der Waals surface area contributed by atoms with Gasteiger partial charge in [0.2, 0.25) is 0 Å². The second kappa shape index (κ2) is 5.86. The Morgan fingerprint density at radius 1 is 1.56 bits per heavy atom. The predicted octanol–water partition coefficient (Wildman–Crippen LogP) is 2.19. The van der Waals surface area contributed by atoms with E-state index in [1.54, 1.807) is 18.2 Å². The predicted molar refractivity (Wildman–Crippen MR) is 65.8 cm³/mol. The van der Waals surface area contributed by atoms with E-state index in [1.807, 2.05) is 6.92 Å². The standard InChI is InChI=1S/C11H14BrNO3/c1-7(6-14)5-13-10-3-2-8(12)4-9(10)11(15)16/h2-4,7,13-14H,5-6H2,1H3,(H,15,16). The summed E-state index contributed by atoms with van der Waals surface area (Å²) < 4.78 is 0.727. The largest absolute Gasteiger partial charge is 0.478 e. The van der Waals surface area contributed by atoms with E-state index in [0.29, 0.717) is 12.2 Å². The normalized spacial score (nSPS) is 12.2. The number of nitrogens with one attached hydrogen (secondary N) is 1. The molecule has 4 nitrogen and oxygen atoms in total. The van der Waals surface area contributed by atoms with Crippen molar-refractivity contribution in [1.82, 2.24) is 0 Å². The molecular formula is C11H14BrNO3. The number of carboxylic acids is 1. The molecule has 88 valence electrons. The van der Waals surface area contributed by atoms with Crippen LogP contribution in [0, 0.1) is 5.92 Å². The lowest BCUT2D eigenvalue weighted by molar-refractivity contribution is 0.0698. The van der Waals surface area contributed by atoms with Gasteiger partial charge in [0.15, 0.2) is 0 Å². The van der Waals surface area contributed by atoms with Gasteiger partial charge >= 0.3 is 5.97 Å². The Morgan fingerprint density at radius 2 is 2.25 bits per heavy atom. The summed E-state index contributed by atoms with van der Waals surface area (Å²) in [5.41, 5.74) is 0.788. The summed E-state index contributed by atoms with van der Waals surface area (Å²) in [6.45, 7) is 2.50. The lowest BCUT2D eigenvalue weighted by Gasteiger charge is -2.13. The van der Waals surface area contributed by atoms with Gasteiger partial charge < -0.3 is 15.5 Å². The Hall–Kier alpha value is -1.07. The van der Waals surface area contributed by atoms with Crippen molar-refractivity contribution in [3.8, 4) is 0 Å². The van der Waals surface area contributed by atoms with Gasteiger partial charge in [-0.05, 0) is 24.1 Å². The number of rotatable bonds is 5. The van der Waals surface area contributed by atoms with E-state index in [2.05, 4.69) is 21.2 Å². The molecule has 0 aliphatic heterocycles. The first-order valence-corrected chi connectivity index (χ1v) is 5.71. The molecule has 0 fully saturated rings. The molecule has 1 aromatic carbocycles. The number of aromatic carboxylic acids is 1. The third-order valence-electron chi connectivity index (χ3n) is 2.16. The molecule has 3 N–H and O–H groups in total. The van der Waals surface area contributed by atoms with Crippen LogP contribution in [0.15, 0.2) is 22.7 Å². The number of halogens is 1. The van der Waals surface area contributed by atoms with Crippen LogP contribution in [0.5, 0.6) is 0 Å². The van der Waals surface area contributed by atoms with E-state index in [9.17, 15) is 4.79 Å². The summed E-state index contributed by atoms with van der Waals surface area (Å²) in [4.78, 5) is 11.0. The van der Waals surface area contributed by atoms with Gasteiger partial charge in [-0.2, -0.15) is 0 Å². The molecule has 0 radical (unpaired) electrons. The molecule has 1 rings (SSSR count). The van der Waals surface area contributed by atoms with Gasteiger partial charge in [0.05, 0.1) is 5.56 Å². The summed E-state index contributed by atoms with van der Waals surface area (Å²) in [5.74, 6) is -0.884. The van der Waals surface area contributed by atoms with Gasteiger partial charge in [0.1, 0.15) is 0 Å². The molecule has 0 saturated heterocycles. The summed E-state index contributed by atoms with van der Waals surface area (Å²) in [5, 5.41) is 20.9. The quantitative estimate of drug-likeness (QED) is 0.776. The van der Waals surface area contributed by atoms with E-state index in [4.69, 9.17) is 10.2 Å². The topological polar surface area (TPSA) is 69.6 Å². The van der Waals surface area contributed by atoms with Crippen molar-refractivity contribution in [1.29, 1.82) is 0 Å². The lowest BCUT2D eigenvalue weighted by Crippen LogP contribution is -2.16. The first kappa shape index (κ1) is 13.0. The molecule has 0 spiro atoms. The Morgan fingerprint density at radius 3 is 2.81 bits per heavy atom. The molecule has 0 aliphatic carbocycles. The highest BCUT2D eigenvalue weighted by atomic mass is 79.9. The van der Waals surface area contributed by atoms with Crippen LogP contribution in [-0.4, -0.2) is 29.3 Å². The highest BCUT2D eigenvalue weighted by Gasteiger charge is 2.10. The zero-order valence-electron chi connectivity index (χ0n) is 8.90.